The minimum Gasteiger partial charge on any atom is -0.670 e. The monoisotopic (exact) mass is 455 g/mol. The van der Waals surface area contributed by atoms with Crippen LogP contribution in [0.3, 0.4) is 0 Å². The van der Waals surface area contributed by atoms with E-state index in [9.17, 15) is 4.79 Å². The first kappa shape index (κ1) is 32.2. The van der Waals surface area contributed by atoms with Gasteiger partial charge in [0, 0.05) is 51.7 Å². The number of hydrogen-bond acceptors (Lipinski definition) is 2. The average Bonchev–Trinajstić information content (AvgIpc) is 2.34. The topological polar surface area (TPSA) is 52.9 Å². The molecule has 1 aliphatic heterocycles. The predicted octanol–water partition coefficient (Wildman–Crippen LogP) is 6.41. The van der Waals surface area contributed by atoms with E-state index in [-0.39, 0.29) is 56.4 Å². The predicted molar refractivity (Wildman–Crippen MR) is 116 cm³/mol. The Morgan fingerprint density at radius 1 is 0.963 bits per heavy atom. The molecule has 1 radical (unpaired) electrons. The molecular weight excluding hydrogens is 409 g/mol. The van der Waals surface area contributed by atoms with Gasteiger partial charge in [-0.3, -0.25) is 0 Å². The van der Waals surface area contributed by atoms with Gasteiger partial charge < -0.3 is 37.1 Å². The van der Waals surface area contributed by atoms with E-state index in [4.69, 9.17) is 5.73 Å². The summed E-state index contributed by atoms with van der Waals surface area (Å²) in [6.07, 6.45) is 0.862. The summed E-state index contributed by atoms with van der Waals surface area (Å²) >= 11 is 0. The molecule has 2 N–H and O–H groups in total. The normalized spacial score (nSPS) is 28.0. The molecule has 1 saturated heterocycles. The van der Waals surface area contributed by atoms with Crippen molar-refractivity contribution in [2.75, 3.05) is 13.1 Å². The van der Waals surface area contributed by atoms with Crippen LogP contribution in [-0.4, -0.2) is 19.0 Å². The first-order valence-corrected chi connectivity index (χ1v) is 9.49. The molecule has 4 heteroatoms. The van der Waals surface area contributed by atoms with Gasteiger partial charge in [-0.25, -0.2) is 0 Å². The Morgan fingerprint density at radius 2 is 1.33 bits per heavy atom. The zero-order chi connectivity index (χ0) is 20.5. The summed E-state index contributed by atoms with van der Waals surface area (Å²) in [5.74, 6) is 0.0447. The second-order valence-electron chi connectivity index (χ2n) is 11.0. The summed E-state index contributed by atoms with van der Waals surface area (Å²) in [6.45, 7) is 31.1. The molecule has 1 atom stereocenters. The van der Waals surface area contributed by atoms with Crippen molar-refractivity contribution >= 4 is 5.91 Å². The van der Waals surface area contributed by atoms with Crippen molar-refractivity contribution in [2.45, 2.75) is 75.7 Å². The molecule has 0 aromatic rings. The molecule has 0 saturated carbocycles. The first-order chi connectivity index (χ1) is 10.8. The number of carbonyl (C=O) groups excluding carboxylic acids is 1. The van der Waals surface area contributed by atoms with Gasteiger partial charge in [0.25, 0.3) is 0 Å². The molecule has 0 bridgehead atoms. The van der Waals surface area contributed by atoms with E-state index in [1.807, 2.05) is 0 Å². The fourth-order valence-corrected chi connectivity index (χ4v) is 4.36. The van der Waals surface area contributed by atoms with Gasteiger partial charge in [-0.05, 0) is 22.7 Å². The summed E-state index contributed by atoms with van der Waals surface area (Å²) in [7, 11) is 0. The van der Waals surface area contributed by atoms with Crippen molar-refractivity contribution in [3.8, 4) is 0 Å². The molecule has 1 heterocycles. The molecule has 27 heavy (non-hydrogen) atoms. The van der Waals surface area contributed by atoms with Crippen LogP contribution < -0.4 is 5.32 Å². The van der Waals surface area contributed by atoms with Crippen LogP contribution in [0, 0.1) is 54.3 Å². The van der Waals surface area contributed by atoms with Gasteiger partial charge in [-0.1, -0.05) is 74.7 Å². The largest absolute Gasteiger partial charge is 0.670 e. The van der Waals surface area contributed by atoms with E-state index in [0.717, 1.165) is 19.5 Å². The van der Waals surface area contributed by atoms with Gasteiger partial charge in [-0.2, -0.15) is 5.92 Å². The van der Waals surface area contributed by atoms with Crippen molar-refractivity contribution in [2.24, 2.45) is 33.0 Å². The van der Waals surface area contributed by atoms with Crippen LogP contribution in [0.2, 0.25) is 0 Å². The fourth-order valence-electron chi connectivity index (χ4n) is 4.36. The minimum atomic E-state index is -0.938. The molecule has 0 spiro atoms. The molecule has 1 fully saturated rings. The van der Waals surface area contributed by atoms with E-state index in [1.54, 1.807) is 0 Å². The van der Waals surface area contributed by atoms with Crippen molar-refractivity contribution in [1.29, 1.82) is 0 Å². The summed E-state index contributed by atoms with van der Waals surface area (Å²) in [6, 6.07) is 0. The molecule has 1 aliphatic rings. The Bertz CT molecular complexity index is 464. The summed E-state index contributed by atoms with van der Waals surface area (Å²) in [5.41, 5.74) is 6.26. The maximum Gasteiger partial charge on any atom is 0.0255 e. The molecule has 3 nitrogen and oxygen atoms in total. The molecule has 1 amide bonds. The molecule has 1 unspecified atom stereocenters. The zero-order valence-corrected chi connectivity index (χ0v) is 22.9. The quantitative estimate of drug-likeness (QED) is 0.465. The molecule has 0 aromatic heterocycles. The van der Waals surface area contributed by atoms with Crippen LogP contribution in [-0.2, 0) is 37.5 Å². The Morgan fingerprint density at radius 3 is 1.67 bits per heavy atom. The summed E-state index contributed by atoms with van der Waals surface area (Å²) < 4.78 is 0. The summed E-state index contributed by atoms with van der Waals surface area (Å²) in [5, 5.41) is 3.58. The van der Waals surface area contributed by atoms with Crippen molar-refractivity contribution in [3.05, 3.63) is 27.0 Å². The van der Waals surface area contributed by atoms with Gasteiger partial charge in [-0.15, -0.1) is 5.41 Å². The number of carbonyl (C=O) groups is 1. The third-order valence-corrected chi connectivity index (χ3v) is 6.39. The van der Waals surface area contributed by atoms with E-state index in [1.165, 1.54) is 0 Å². The first-order valence-electron chi connectivity index (χ1n) is 9.49. The van der Waals surface area contributed by atoms with E-state index < -0.39 is 16.7 Å². The zero-order valence-electron chi connectivity index (χ0n) is 20.1. The summed E-state index contributed by atoms with van der Waals surface area (Å²) in [4.78, 5) is 12.4. The number of rotatable bonds is 1. The molecule has 0 aromatic carbocycles. The van der Waals surface area contributed by atoms with Gasteiger partial charge in [0.1, 0.15) is 0 Å². The third-order valence-electron chi connectivity index (χ3n) is 6.39. The second-order valence-corrected chi connectivity index (χ2v) is 11.0. The van der Waals surface area contributed by atoms with Crippen molar-refractivity contribution < 1.29 is 37.5 Å². The van der Waals surface area contributed by atoms with Gasteiger partial charge in [0.2, 0.25) is 0 Å². The van der Waals surface area contributed by atoms with Crippen molar-refractivity contribution in [3.63, 3.8) is 0 Å². The molecule has 1 rings (SSSR count). The maximum absolute atomic E-state index is 12.4. The number of hydrogen-bond donors (Lipinski definition) is 1. The maximum atomic E-state index is 12.4. The van der Waals surface area contributed by atoms with Crippen LogP contribution in [0.4, 0.5) is 0 Å². The second kappa shape index (κ2) is 10.5. The van der Waals surface area contributed by atoms with Gasteiger partial charge in [0.15, 0.2) is 0 Å². The molecule has 161 valence electrons. The van der Waals surface area contributed by atoms with Crippen molar-refractivity contribution in [1.82, 2.24) is 5.32 Å². The van der Waals surface area contributed by atoms with Gasteiger partial charge >= 0.3 is 0 Å². The minimum absolute atomic E-state index is 0. The SMILES string of the molecule is [CH2-]C(C)C.[CH2-]C1(C([NH-])=O)C(C)(C)CC(C)(C)CNCC(C)(C)C1(C)C.[CH3-].[Y]. The van der Waals surface area contributed by atoms with Crippen LogP contribution in [0.15, 0.2) is 0 Å². The van der Waals surface area contributed by atoms with E-state index >= 15 is 0 Å². The van der Waals surface area contributed by atoms with E-state index in [0.29, 0.717) is 5.92 Å². The Hall–Kier alpha value is 0.534. The average molecular weight is 456 g/mol. The third kappa shape index (κ3) is 7.07. The number of nitrogens with one attached hydrogen (secondary N) is 2. The van der Waals surface area contributed by atoms with Gasteiger partial charge in [0.05, 0.1) is 0 Å². The van der Waals surface area contributed by atoms with E-state index in [2.05, 4.69) is 88.4 Å². The Labute approximate surface area is 196 Å². The fraction of sp³-hybridized carbons (Fsp3) is 0.826. The van der Waals surface area contributed by atoms with Crippen LogP contribution in [0.5, 0.6) is 0 Å². The smallest absolute Gasteiger partial charge is 0.0255 e. The molecular formula is C23H46N2OY-4. The standard InChI is InChI=1S/C18H35N2O.C4H9.CH3.Y/c1-14(2)10-15(3,4)18(9,13(19)21)17(7,8)16(5,6)12-20-11-14;1-4(2)3;;/h20H,9-12H2,1-8H3,(H2,19,21);4H,1H2,2-3H3;1H3;/q3*-1;/p-1. The van der Waals surface area contributed by atoms with Crippen LogP contribution in [0.25, 0.3) is 5.73 Å². The van der Waals surface area contributed by atoms with Crippen LogP contribution >= 0.6 is 0 Å². The number of amides is 1. The Balaban J connectivity index is -0.000000871. The Kier molecular flexibility index (Phi) is 12.6. The van der Waals surface area contributed by atoms with Crippen LogP contribution in [0.1, 0.15) is 75.7 Å². The molecule has 0 aliphatic carbocycles.